The number of carboxylic acids is 1. The molecule has 1 fully saturated rings. The van der Waals surface area contributed by atoms with Crippen LogP contribution in [-0.4, -0.2) is 47.4 Å². The summed E-state index contributed by atoms with van der Waals surface area (Å²) in [6, 6.07) is 11.2. The quantitative estimate of drug-likeness (QED) is 0.392. The van der Waals surface area contributed by atoms with E-state index in [1.165, 1.54) is 10.9 Å². The second kappa shape index (κ2) is 9.80. The van der Waals surface area contributed by atoms with Crippen LogP contribution >= 0.6 is 0 Å². The summed E-state index contributed by atoms with van der Waals surface area (Å²) >= 11 is 0. The Morgan fingerprint density at radius 2 is 1.76 bits per heavy atom. The van der Waals surface area contributed by atoms with Crippen molar-refractivity contribution in [3.8, 4) is 16.9 Å². The number of hydrogen-bond acceptors (Lipinski definition) is 5. The van der Waals surface area contributed by atoms with E-state index >= 15 is 0 Å². The van der Waals surface area contributed by atoms with Crippen molar-refractivity contribution in [3.05, 3.63) is 60.0 Å². The molecule has 3 aromatic heterocycles. The summed E-state index contributed by atoms with van der Waals surface area (Å²) in [7, 11) is 0. The highest BCUT2D eigenvalue weighted by atomic mass is 16.4. The number of carboxylic acid groups (broad SMARTS) is 1. The highest BCUT2D eigenvalue weighted by Gasteiger charge is 2.34. The third kappa shape index (κ3) is 4.73. The van der Waals surface area contributed by atoms with Crippen molar-refractivity contribution in [1.29, 1.82) is 0 Å². The largest absolute Gasteiger partial charge is 0.477 e. The normalized spacial score (nSPS) is 17.9. The molecule has 0 saturated heterocycles. The molecule has 0 aliphatic heterocycles. The number of benzene rings is 1. The van der Waals surface area contributed by atoms with Crippen LogP contribution in [-0.2, 0) is 4.79 Å². The van der Waals surface area contributed by atoms with Gasteiger partial charge in [0.2, 0.25) is 5.91 Å². The van der Waals surface area contributed by atoms with Crippen molar-refractivity contribution in [1.82, 2.24) is 24.4 Å². The Bertz CT molecular complexity index is 1440. The van der Waals surface area contributed by atoms with E-state index in [4.69, 9.17) is 0 Å². The van der Waals surface area contributed by atoms with Crippen LogP contribution in [0.4, 0.5) is 5.82 Å². The summed E-state index contributed by atoms with van der Waals surface area (Å²) in [4.78, 5) is 31.6. The monoisotopic (exact) mass is 500 g/mol. The Morgan fingerprint density at radius 3 is 2.38 bits per heavy atom. The molecular formula is C28H32N6O3. The third-order valence-electron chi connectivity index (χ3n) is 7.25. The van der Waals surface area contributed by atoms with Crippen LogP contribution in [0.5, 0.6) is 0 Å². The molecule has 5 rings (SSSR count). The Balaban J connectivity index is 1.46. The van der Waals surface area contributed by atoms with Crippen LogP contribution in [0.15, 0.2) is 48.8 Å². The van der Waals surface area contributed by atoms with E-state index in [1.807, 2.05) is 57.2 Å². The van der Waals surface area contributed by atoms with Gasteiger partial charge in [0.15, 0.2) is 11.5 Å². The number of aromatic carboxylic acids is 1. The highest BCUT2D eigenvalue weighted by molar-refractivity contribution is 6.01. The minimum atomic E-state index is -1.11. The molecule has 1 N–H and O–H groups in total. The number of hydrogen-bond donors (Lipinski definition) is 1. The lowest BCUT2D eigenvalue weighted by molar-refractivity contribution is -0.124. The first-order chi connectivity index (χ1) is 17.7. The number of aromatic nitrogens is 5. The minimum absolute atomic E-state index is 0.0113. The smallest absolute Gasteiger partial charge is 0.341 e. The Kier molecular flexibility index (Phi) is 6.54. The number of carbonyl (C=O) groups excluding carboxylic acids is 1. The molecule has 9 nitrogen and oxygen atoms in total. The lowest BCUT2D eigenvalue weighted by Gasteiger charge is -2.32. The Labute approximate surface area is 215 Å². The van der Waals surface area contributed by atoms with Gasteiger partial charge in [-0.2, -0.15) is 5.10 Å². The highest BCUT2D eigenvalue weighted by Crippen LogP contribution is 2.33. The molecule has 192 valence electrons. The zero-order valence-corrected chi connectivity index (χ0v) is 21.6. The number of amides is 1. The van der Waals surface area contributed by atoms with Crippen molar-refractivity contribution in [2.75, 3.05) is 4.90 Å². The second-order valence-corrected chi connectivity index (χ2v) is 10.3. The van der Waals surface area contributed by atoms with Crippen molar-refractivity contribution in [2.45, 2.75) is 59.4 Å². The van der Waals surface area contributed by atoms with Crippen LogP contribution in [0.1, 0.15) is 62.5 Å². The Morgan fingerprint density at radius 1 is 1.05 bits per heavy atom. The van der Waals surface area contributed by atoms with Crippen LogP contribution in [0.25, 0.3) is 22.6 Å². The maximum absolute atomic E-state index is 13.5. The predicted molar refractivity (Wildman–Crippen MR) is 141 cm³/mol. The van der Waals surface area contributed by atoms with Gasteiger partial charge in [0.25, 0.3) is 0 Å². The van der Waals surface area contributed by atoms with Gasteiger partial charge in [0, 0.05) is 41.7 Å². The number of aryl methyl sites for hydroxylation is 1. The van der Waals surface area contributed by atoms with Gasteiger partial charge in [-0.15, -0.1) is 5.10 Å². The third-order valence-corrected chi connectivity index (χ3v) is 7.25. The molecule has 37 heavy (non-hydrogen) atoms. The molecule has 1 aliphatic carbocycles. The summed E-state index contributed by atoms with van der Waals surface area (Å²) in [5.41, 5.74) is 4.16. The van der Waals surface area contributed by atoms with Crippen LogP contribution in [0.3, 0.4) is 0 Å². The van der Waals surface area contributed by atoms with Crippen molar-refractivity contribution >= 4 is 23.3 Å². The fourth-order valence-electron chi connectivity index (χ4n) is 5.07. The second-order valence-electron chi connectivity index (χ2n) is 10.3. The fraction of sp³-hybridized carbons (Fsp3) is 0.393. The van der Waals surface area contributed by atoms with Crippen molar-refractivity contribution in [3.63, 3.8) is 0 Å². The average Bonchev–Trinajstić information content (AvgIpc) is 3.50. The van der Waals surface area contributed by atoms with Gasteiger partial charge in [-0.25, -0.2) is 19.0 Å². The first-order valence-electron chi connectivity index (χ1n) is 12.8. The summed E-state index contributed by atoms with van der Waals surface area (Å²) in [6.07, 6.45) is 6.91. The van der Waals surface area contributed by atoms with E-state index < -0.39 is 5.97 Å². The van der Waals surface area contributed by atoms with Gasteiger partial charge in [0.05, 0.1) is 11.4 Å². The molecule has 9 heteroatoms. The first-order valence-corrected chi connectivity index (χ1v) is 12.8. The van der Waals surface area contributed by atoms with Crippen LogP contribution in [0.2, 0.25) is 0 Å². The van der Waals surface area contributed by atoms with Crippen LogP contribution < -0.4 is 4.90 Å². The number of nitrogens with zero attached hydrogens (tertiary/aromatic N) is 6. The Hall–Kier alpha value is -4.01. The van der Waals surface area contributed by atoms with Crippen LogP contribution in [0, 0.1) is 18.8 Å². The SMILES string of the molecule is Cc1ccnc2cc(-c3ccc(-n4cc(C(=O)O)c(N(C(=O)[C@H]5CC[C@H](C)CC5)C(C)C)n4)cc3)nn12. The lowest BCUT2D eigenvalue weighted by Crippen LogP contribution is -2.43. The summed E-state index contributed by atoms with van der Waals surface area (Å²) < 4.78 is 3.33. The summed E-state index contributed by atoms with van der Waals surface area (Å²) in [6.45, 7) is 7.98. The van der Waals surface area contributed by atoms with E-state index in [1.54, 1.807) is 15.6 Å². The topological polar surface area (TPSA) is 106 Å². The number of rotatable bonds is 6. The number of carbonyl (C=O) groups is 2. The van der Waals surface area contributed by atoms with E-state index in [0.717, 1.165) is 48.3 Å². The van der Waals surface area contributed by atoms with Gasteiger partial charge < -0.3 is 5.11 Å². The number of anilines is 1. The maximum atomic E-state index is 13.5. The van der Waals surface area contributed by atoms with E-state index in [0.29, 0.717) is 11.6 Å². The molecule has 0 radical (unpaired) electrons. The first kappa shape index (κ1) is 24.7. The molecule has 0 bridgehead atoms. The molecule has 0 atom stereocenters. The van der Waals surface area contributed by atoms with Gasteiger partial charge in [-0.05, 0) is 70.6 Å². The lowest BCUT2D eigenvalue weighted by atomic mass is 9.82. The van der Waals surface area contributed by atoms with Gasteiger partial charge in [0.1, 0.15) is 5.56 Å². The zero-order chi connectivity index (χ0) is 26.3. The molecule has 1 saturated carbocycles. The van der Waals surface area contributed by atoms with Gasteiger partial charge in [-0.3, -0.25) is 9.69 Å². The molecule has 1 amide bonds. The zero-order valence-electron chi connectivity index (χ0n) is 21.6. The van der Waals surface area contributed by atoms with Gasteiger partial charge >= 0.3 is 5.97 Å². The molecule has 1 aromatic carbocycles. The van der Waals surface area contributed by atoms with Crippen molar-refractivity contribution < 1.29 is 14.7 Å². The summed E-state index contributed by atoms with van der Waals surface area (Å²) in [5.74, 6) is -0.443. The number of fused-ring (bicyclic) bond motifs is 1. The molecule has 4 aromatic rings. The van der Waals surface area contributed by atoms with E-state index in [9.17, 15) is 14.7 Å². The van der Waals surface area contributed by atoms with Crippen molar-refractivity contribution in [2.24, 2.45) is 11.8 Å². The standard InChI is InChI=1S/C28H32N6O3/c1-17(2)33(27(35)21-7-5-18(3)6-8-21)26-23(28(36)37)16-32(31-26)22-11-9-20(10-12-22)24-15-25-29-14-13-19(4)34(25)30-24/h9-18,21H,5-8H2,1-4H3,(H,36,37)/t18-,21-. The minimum Gasteiger partial charge on any atom is -0.477 e. The maximum Gasteiger partial charge on any atom is 0.341 e. The average molecular weight is 501 g/mol. The van der Waals surface area contributed by atoms with E-state index in [-0.39, 0.29) is 29.2 Å². The molecule has 0 unspecified atom stereocenters. The van der Waals surface area contributed by atoms with Gasteiger partial charge in [-0.1, -0.05) is 19.1 Å². The van der Waals surface area contributed by atoms with E-state index in [2.05, 4.69) is 22.1 Å². The molecule has 1 aliphatic rings. The molecular weight excluding hydrogens is 468 g/mol. The molecule has 0 spiro atoms. The fourth-order valence-corrected chi connectivity index (χ4v) is 5.07. The summed E-state index contributed by atoms with van der Waals surface area (Å²) in [5, 5.41) is 19.2. The predicted octanol–water partition coefficient (Wildman–Crippen LogP) is 5.16. The molecule has 3 heterocycles.